The fraction of sp³-hybridized carbons (Fsp3) is 0.0556. The molecule has 2 aromatic carbocycles. The number of halogens is 2. The molecule has 0 aliphatic heterocycles. The molecule has 126 valence electrons. The maximum atomic E-state index is 12.2. The number of anilines is 3. The molecule has 2 N–H and O–H groups in total. The van der Waals surface area contributed by atoms with Crippen molar-refractivity contribution in [1.29, 1.82) is 0 Å². The third kappa shape index (κ3) is 4.47. The average molecular weight is 373 g/mol. The van der Waals surface area contributed by atoms with Crippen molar-refractivity contribution in [3.63, 3.8) is 0 Å². The van der Waals surface area contributed by atoms with Crippen molar-refractivity contribution in [2.75, 3.05) is 10.6 Å². The molecule has 0 fully saturated rings. The number of aryl methyl sites for hydroxylation is 1. The van der Waals surface area contributed by atoms with Crippen LogP contribution in [0.1, 0.15) is 16.1 Å². The first-order valence-corrected chi connectivity index (χ1v) is 8.19. The van der Waals surface area contributed by atoms with Gasteiger partial charge in [0.25, 0.3) is 5.91 Å². The molecule has 0 unspecified atom stereocenters. The van der Waals surface area contributed by atoms with E-state index in [1.165, 1.54) is 18.0 Å². The molecule has 0 atom stereocenters. The molecule has 0 bridgehead atoms. The molecule has 0 aliphatic carbocycles. The van der Waals surface area contributed by atoms with E-state index in [-0.39, 0.29) is 5.69 Å². The Bertz CT molecular complexity index is 896. The summed E-state index contributed by atoms with van der Waals surface area (Å²) >= 11 is 11.9. The minimum Gasteiger partial charge on any atom is -0.339 e. The molecule has 1 amide bonds. The highest BCUT2D eigenvalue weighted by Gasteiger charge is 2.11. The Morgan fingerprint density at radius 2 is 1.76 bits per heavy atom. The maximum Gasteiger partial charge on any atom is 0.275 e. The molecule has 0 saturated heterocycles. The van der Waals surface area contributed by atoms with Crippen molar-refractivity contribution < 1.29 is 4.79 Å². The van der Waals surface area contributed by atoms with Gasteiger partial charge >= 0.3 is 0 Å². The van der Waals surface area contributed by atoms with Crippen LogP contribution < -0.4 is 10.6 Å². The van der Waals surface area contributed by atoms with E-state index in [1.807, 2.05) is 31.2 Å². The number of carbonyl (C=O) groups is 1. The quantitative estimate of drug-likeness (QED) is 0.669. The number of nitrogens with one attached hydrogen (secondary N) is 2. The lowest BCUT2D eigenvalue weighted by Gasteiger charge is -2.08. The largest absolute Gasteiger partial charge is 0.339 e. The molecule has 25 heavy (non-hydrogen) atoms. The molecule has 0 radical (unpaired) electrons. The number of rotatable bonds is 4. The standard InChI is InChI=1S/C18H14Cl2N4O/c1-11-2-5-13(6-3-11)23-17-10-21-16(9-22-17)18(25)24-15-7-4-12(19)8-14(15)20/h2-10H,1H3,(H,22,23)(H,24,25). The molecular formula is C18H14Cl2N4O. The minimum absolute atomic E-state index is 0.181. The molecule has 7 heteroatoms. The maximum absolute atomic E-state index is 12.2. The van der Waals surface area contributed by atoms with Gasteiger partial charge in [-0.1, -0.05) is 40.9 Å². The van der Waals surface area contributed by atoms with E-state index in [1.54, 1.807) is 18.2 Å². The highest BCUT2D eigenvalue weighted by atomic mass is 35.5. The normalized spacial score (nSPS) is 10.4. The summed E-state index contributed by atoms with van der Waals surface area (Å²) in [6.07, 6.45) is 2.90. The third-order valence-electron chi connectivity index (χ3n) is 3.39. The Kier molecular flexibility index (Phi) is 5.16. The first-order chi connectivity index (χ1) is 12.0. The Labute approximate surface area is 155 Å². The number of hydrogen-bond acceptors (Lipinski definition) is 4. The van der Waals surface area contributed by atoms with Crippen LogP contribution in [-0.4, -0.2) is 15.9 Å². The fourth-order valence-electron chi connectivity index (χ4n) is 2.07. The van der Waals surface area contributed by atoms with Crippen molar-refractivity contribution >= 4 is 46.3 Å². The number of benzene rings is 2. The predicted molar refractivity (Wildman–Crippen MR) is 101 cm³/mol. The summed E-state index contributed by atoms with van der Waals surface area (Å²) in [6.45, 7) is 2.02. The topological polar surface area (TPSA) is 66.9 Å². The molecule has 0 aliphatic rings. The summed E-state index contributed by atoms with van der Waals surface area (Å²) in [5.74, 6) is 0.142. The van der Waals surface area contributed by atoms with Crippen LogP contribution in [0.5, 0.6) is 0 Å². The molecule has 5 nitrogen and oxygen atoms in total. The van der Waals surface area contributed by atoms with E-state index in [0.717, 1.165) is 5.69 Å². The summed E-state index contributed by atoms with van der Waals surface area (Å²) in [5.41, 5.74) is 2.70. The van der Waals surface area contributed by atoms with Crippen LogP contribution in [0.4, 0.5) is 17.2 Å². The Balaban J connectivity index is 1.68. The third-order valence-corrected chi connectivity index (χ3v) is 3.94. The molecule has 0 saturated carbocycles. The highest BCUT2D eigenvalue weighted by Crippen LogP contribution is 2.25. The molecule has 0 spiro atoms. The number of amides is 1. The van der Waals surface area contributed by atoms with E-state index in [2.05, 4.69) is 20.6 Å². The molecule has 3 aromatic rings. The van der Waals surface area contributed by atoms with Gasteiger partial charge in [-0.05, 0) is 37.3 Å². The lowest BCUT2D eigenvalue weighted by Crippen LogP contribution is -2.14. The fourth-order valence-corrected chi connectivity index (χ4v) is 2.53. The van der Waals surface area contributed by atoms with Crippen LogP contribution in [-0.2, 0) is 0 Å². The van der Waals surface area contributed by atoms with Crippen LogP contribution in [0.25, 0.3) is 0 Å². The van der Waals surface area contributed by atoms with Crippen molar-refractivity contribution in [2.24, 2.45) is 0 Å². The molecule has 3 rings (SSSR count). The van der Waals surface area contributed by atoms with Gasteiger partial charge in [-0.3, -0.25) is 4.79 Å². The lowest BCUT2D eigenvalue weighted by molar-refractivity contribution is 0.102. The highest BCUT2D eigenvalue weighted by molar-refractivity contribution is 6.36. The first-order valence-electron chi connectivity index (χ1n) is 7.43. The summed E-state index contributed by atoms with van der Waals surface area (Å²) in [4.78, 5) is 20.6. The van der Waals surface area contributed by atoms with Gasteiger partial charge in [-0.25, -0.2) is 9.97 Å². The summed E-state index contributed by atoms with van der Waals surface area (Å²) in [5, 5.41) is 6.65. The second-order valence-corrected chi connectivity index (χ2v) is 6.20. The van der Waals surface area contributed by atoms with Gasteiger partial charge in [-0.2, -0.15) is 0 Å². The van der Waals surface area contributed by atoms with E-state index in [0.29, 0.717) is 21.6 Å². The predicted octanol–water partition coefficient (Wildman–Crippen LogP) is 5.09. The van der Waals surface area contributed by atoms with E-state index in [4.69, 9.17) is 23.2 Å². The second kappa shape index (κ2) is 7.51. The second-order valence-electron chi connectivity index (χ2n) is 5.36. The summed E-state index contributed by atoms with van der Waals surface area (Å²) in [7, 11) is 0. The van der Waals surface area contributed by atoms with Crippen LogP contribution in [0.3, 0.4) is 0 Å². The van der Waals surface area contributed by atoms with E-state index >= 15 is 0 Å². The average Bonchev–Trinajstić information content (AvgIpc) is 2.60. The van der Waals surface area contributed by atoms with Crippen LogP contribution in [0, 0.1) is 6.92 Å². The Morgan fingerprint density at radius 1 is 1.00 bits per heavy atom. The zero-order chi connectivity index (χ0) is 17.8. The van der Waals surface area contributed by atoms with Gasteiger partial charge in [0.1, 0.15) is 11.5 Å². The van der Waals surface area contributed by atoms with Crippen molar-refractivity contribution in [3.05, 3.63) is 76.2 Å². The van der Waals surface area contributed by atoms with Gasteiger partial charge in [0.15, 0.2) is 0 Å². The van der Waals surface area contributed by atoms with Gasteiger partial charge in [0.2, 0.25) is 0 Å². The minimum atomic E-state index is -0.404. The van der Waals surface area contributed by atoms with Gasteiger partial charge in [-0.15, -0.1) is 0 Å². The van der Waals surface area contributed by atoms with Crippen molar-refractivity contribution in [3.8, 4) is 0 Å². The van der Waals surface area contributed by atoms with E-state index in [9.17, 15) is 4.79 Å². The number of carbonyl (C=O) groups excluding carboxylic acids is 1. The number of hydrogen-bond donors (Lipinski definition) is 2. The number of nitrogens with zero attached hydrogens (tertiary/aromatic N) is 2. The SMILES string of the molecule is Cc1ccc(Nc2cnc(C(=O)Nc3ccc(Cl)cc3Cl)cn2)cc1. The van der Waals surface area contributed by atoms with Crippen LogP contribution >= 0.6 is 23.2 Å². The molecule has 1 aromatic heterocycles. The van der Waals surface area contributed by atoms with Gasteiger partial charge in [0.05, 0.1) is 23.1 Å². The monoisotopic (exact) mass is 372 g/mol. The van der Waals surface area contributed by atoms with Crippen LogP contribution in [0.2, 0.25) is 10.0 Å². The van der Waals surface area contributed by atoms with Crippen molar-refractivity contribution in [2.45, 2.75) is 6.92 Å². The molecular weight excluding hydrogens is 359 g/mol. The number of aromatic nitrogens is 2. The molecule has 1 heterocycles. The van der Waals surface area contributed by atoms with Crippen molar-refractivity contribution in [1.82, 2.24) is 9.97 Å². The van der Waals surface area contributed by atoms with E-state index < -0.39 is 5.91 Å². The summed E-state index contributed by atoms with van der Waals surface area (Å²) < 4.78 is 0. The lowest BCUT2D eigenvalue weighted by atomic mass is 10.2. The van der Waals surface area contributed by atoms with Gasteiger partial charge < -0.3 is 10.6 Å². The Morgan fingerprint density at radius 3 is 2.40 bits per heavy atom. The Hall–Kier alpha value is -2.63. The zero-order valence-electron chi connectivity index (χ0n) is 13.3. The smallest absolute Gasteiger partial charge is 0.275 e. The van der Waals surface area contributed by atoms with Crippen LogP contribution in [0.15, 0.2) is 54.9 Å². The van der Waals surface area contributed by atoms with Gasteiger partial charge in [0, 0.05) is 10.7 Å². The zero-order valence-corrected chi connectivity index (χ0v) is 14.8. The summed E-state index contributed by atoms with van der Waals surface area (Å²) in [6, 6.07) is 12.7. The first kappa shape index (κ1) is 17.2.